The molecule has 1 fully saturated rings. The smallest absolute Gasteiger partial charge is 0.328 e. The van der Waals surface area contributed by atoms with Gasteiger partial charge >= 0.3 is 5.97 Å². The van der Waals surface area contributed by atoms with Crippen LogP contribution < -0.4 is 5.32 Å². The fourth-order valence-electron chi connectivity index (χ4n) is 5.01. The molecule has 12 heteroatoms. The molecule has 1 saturated heterocycles. The standard InChI is InChI=1S/C31H30Cl2N4O5S/c1-42-29(39)24(16-23-18-36(19-34-23)17-20-5-3-2-4-6-20)35-30(40)31(41)10-12-37(13-11-31)25(38)8-7-21-15-22-9-14-43-28(22)27(33)26(21)32/h2-9,14-15,18-19,24,41H,10-13,16-17H2,1H3,(H,35,40)/t24-/m0/s1. The number of benzene rings is 2. The highest BCUT2D eigenvalue weighted by Crippen LogP contribution is 2.37. The minimum absolute atomic E-state index is 0.00541. The van der Waals surface area contributed by atoms with Crippen LogP contribution in [-0.2, 0) is 32.1 Å². The summed E-state index contributed by atoms with van der Waals surface area (Å²) in [6.45, 7) is 0.910. The Labute approximate surface area is 262 Å². The molecule has 1 aliphatic heterocycles. The van der Waals surface area contributed by atoms with Crippen LogP contribution in [0.15, 0.2) is 66.4 Å². The number of carbonyl (C=O) groups excluding carboxylic acids is 3. The summed E-state index contributed by atoms with van der Waals surface area (Å²) in [6.07, 6.45) is 6.59. The van der Waals surface area contributed by atoms with Crippen LogP contribution in [-0.4, -0.2) is 69.2 Å². The number of piperidine rings is 1. The third-order valence-corrected chi connectivity index (χ3v) is 9.42. The van der Waals surface area contributed by atoms with E-state index < -0.39 is 23.5 Å². The van der Waals surface area contributed by atoms with E-state index in [0.29, 0.717) is 27.8 Å². The Hall–Kier alpha value is -3.70. The van der Waals surface area contributed by atoms with E-state index in [9.17, 15) is 19.5 Å². The molecule has 2 aromatic heterocycles. The number of fused-ring (bicyclic) bond motifs is 1. The van der Waals surface area contributed by atoms with E-state index >= 15 is 0 Å². The number of ether oxygens (including phenoxy) is 1. The van der Waals surface area contributed by atoms with Crippen LogP contribution in [0.5, 0.6) is 0 Å². The first kappa shape index (κ1) is 30.7. The van der Waals surface area contributed by atoms with Crippen LogP contribution in [0.2, 0.25) is 10.0 Å². The summed E-state index contributed by atoms with van der Waals surface area (Å²) >= 11 is 14.3. The Morgan fingerprint density at radius 1 is 1.16 bits per heavy atom. The van der Waals surface area contributed by atoms with Gasteiger partial charge in [-0.2, -0.15) is 0 Å². The zero-order chi connectivity index (χ0) is 30.6. The van der Waals surface area contributed by atoms with Gasteiger partial charge in [-0.15, -0.1) is 11.3 Å². The summed E-state index contributed by atoms with van der Waals surface area (Å²) in [6, 6.07) is 12.6. The first-order chi connectivity index (χ1) is 20.7. The molecule has 2 amide bonds. The molecule has 0 aliphatic carbocycles. The van der Waals surface area contributed by atoms with E-state index in [-0.39, 0.29) is 38.3 Å². The number of aromatic nitrogens is 2. The van der Waals surface area contributed by atoms with E-state index in [0.717, 1.165) is 15.6 Å². The zero-order valence-corrected chi connectivity index (χ0v) is 25.7. The number of thiophene rings is 1. The zero-order valence-electron chi connectivity index (χ0n) is 23.3. The van der Waals surface area contributed by atoms with Gasteiger partial charge in [-0.1, -0.05) is 53.5 Å². The van der Waals surface area contributed by atoms with Crippen molar-refractivity contribution >= 4 is 68.5 Å². The Kier molecular flexibility index (Phi) is 9.51. The topological polar surface area (TPSA) is 114 Å². The lowest BCUT2D eigenvalue weighted by Gasteiger charge is -2.37. The Morgan fingerprint density at radius 3 is 2.63 bits per heavy atom. The van der Waals surface area contributed by atoms with Crippen molar-refractivity contribution in [2.24, 2.45) is 0 Å². The number of carbonyl (C=O) groups is 3. The second-order valence-electron chi connectivity index (χ2n) is 10.4. The molecule has 0 bridgehead atoms. The first-order valence-electron chi connectivity index (χ1n) is 13.6. The number of nitrogens with zero attached hydrogens (tertiary/aromatic N) is 3. The molecule has 43 heavy (non-hydrogen) atoms. The van der Waals surface area contributed by atoms with Gasteiger partial charge in [-0.3, -0.25) is 9.59 Å². The molecule has 1 aliphatic rings. The molecule has 3 heterocycles. The van der Waals surface area contributed by atoms with Crippen LogP contribution in [0.1, 0.15) is 29.7 Å². The third kappa shape index (κ3) is 7.10. The lowest BCUT2D eigenvalue weighted by molar-refractivity contribution is -0.153. The van der Waals surface area contributed by atoms with Crippen LogP contribution in [0, 0.1) is 0 Å². The van der Waals surface area contributed by atoms with Crippen LogP contribution in [0.3, 0.4) is 0 Å². The summed E-state index contributed by atoms with van der Waals surface area (Å²) in [5, 5.41) is 17.5. The van der Waals surface area contributed by atoms with Crippen molar-refractivity contribution in [2.75, 3.05) is 20.2 Å². The molecule has 0 unspecified atom stereocenters. The van der Waals surface area contributed by atoms with Crippen LogP contribution in [0.25, 0.3) is 16.2 Å². The van der Waals surface area contributed by atoms with Gasteiger partial charge in [0.1, 0.15) is 11.6 Å². The summed E-state index contributed by atoms with van der Waals surface area (Å²) in [4.78, 5) is 44.6. The summed E-state index contributed by atoms with van der Waals surface area (Å²) in [5.41, 5.74) is 0.558. The van der Waals surface area contributed by atoms with Crippen molar-refractivity contribution in [1.82, 2.24) is 19.8 Å². The van der Waals surface area contributed by atoms with E-state index in [2.05, 4.69) is 10.3 Å². The predicted molar refractivity (Wildman–Crippen MR) is 167 cm³/mol. The van der Waals surface area contributed by atoms with Crippen molar-refractivity contribution in [3.8, 4) is 0 Å². The van der Waals surface area contributed by atoms with E-state index in [1.165, 1.54) is 24.5 Å². The highest BCUT2D eigenvalue weighted by atomic mass is 35.5. The molecule has 0 spiro atoms. The Bertz CT molecular complexity index is 1660. The minimum Gasteiger partial charge on any atom is -0.467 e. The van der Waals surface area contributed by atoms with Crippen molar-refractivity contribution in [2.45, 2.75) is 37.5 Å². The average Bonchev–Trinajstić information content (AvgIpc) is 3.67. The van der Waals surface area contributed by atoms with E-state index in [1.807, 2.05) is 52.4 Å². The molecule has 1 atom stereocenters. The molecule has 224 valence electrons. The van der Waals surface area contributed by atoms with Gasteiger partial charge in [-0.05, 0) is 40.1 Å². The summed E-state index contributed by atoms with van der Waals surface area (Å²) in [5.74, 6) is -1.62. The minimum atomic E-state index is -1.75. The van der Waals surface area contributed by atoms with Gasteiger partial charge in [0, 0.05) is 51.2 Å². The van der Waals surface area contributed by atoms with Crippen molar-refractivity contribution in [1.29, 1.82) is 0 Å². The average molecular weight is 642 g/mol. The maximum Gasteiger partial charge on any atom is 0.328 e. The number of likely N-dealkylation sites (tertiary alicyclic amines) is 1. The van der Waals surface area contributed by atoms with Crippen molar-refractivity contribution in [3.63, 3.8) is 0 Å². The number of esters is 1. The lowest BCUT2D eigenvalue weighted by Crippen LogP contribution is -2.57. The number of methoxy groups -OCH3 is 1. The maximum absolute atomic E-state index is 13.2. The monoisotopic (exact) mass is 640 g/mol. The van der Waals surface area contributed by atoms with E-state index in [1.54, 1.807) is 23.5 Å². The fourth-order valence-corrected chi connectivity index (χ4v) is 6.45. The summed E-state index contributed by atoms with van der Waals surface area (Å²) in [7, 11) is 1.24. The number of aliphatic hydroxyl groups is 1. The number of hydrogen-bond acceptors (Lipinski definition) is 7. The van der Waals surface area contributed by atoms with Crippen molar-refractivity contribution < 1.29 is 24.2 Å². The van der Waals surface area contributed by atoms with Gasteiger partial charge in [0.25, 0.3) is 5.91 Å². The number of nitrogens with one attached hydrogen (secondary N) is 1. The number of hydrogen-bond donors (Lipinski definition) is 2. The lowest BCUT2D eigenvalue weighted by atomic mass is 9.90. The van der Waals surface area contributed by atoms with Gasteiger partial charge in [-0.25, -0.2) is 9.78 Å². The molecule has 2 N–H and O–H groups in total. The van der Waals surface area contributed by atoms with Gasteiger partial charge in [0.05, 0.1) is 33.9 Å². The fraction of sp³-hybridized carbons (Fsp3) is 0.290. The second kappa shape index (κ2) is 13.3. The molecule has 9 nitrogen and oxygen atoms in total. The number of rotatable bonds is 9. The molecular formula is C31H30Cl2N4O5S. The second-order valence-corrected chi connectivity index (χ2v) is 12.1. The number of halogens is 2. The molecule has 0 saturated carbocycles. The van der Waals surface area contributed by atoms with Gasteiger partial charge < -0.3 is 24.6 Å². The quantitative estimate of drug-likeness (QED) is 0.202. The summed E-state index contributed by atoms with van der Waals surface area (Å²) < 4.78 is 7.68. The molecule has 2 aromatic carbocycles. The van der Waals surface area contributed by atoms with Gasteiger partial charge in [0.15, 0.2) is 0 Å². The maximum atomic E-state index is 13.2. The van der Waals surface area contributed by atoms with Crippen LogP contribution >= 0.6 is 34.5 Å². The number of amides is 2. The molecule has 4 aromatic rings. The normalized spacial score (nSPS) is 15.5. The SMILES string of the molecule is COC(=O)[C@H](Cc1cn(Cc2ccccc2)cn1)NC(=O)C1(O)CCN(C(=O)C=Cc2cc3ccsc3c(Cl)c2Cl)CC1. The molecule has 5 rings (SSSR count). The van der Waals surface area contributed by atoms with Crippen molar-refractivity contribution in [3.05, 3.63) is 93.3 Å². The highest BCUT2D eigenvalue weighted by Gasteiger charge is 2.41. The predicted octanol–water partition coefficient (Wildman–Crippen LogP) is 4.72. The van der Waals surface area contributed by atoms with E-state index in [4.69, 9.17) is 27.9 Å². The highest BCUT2D eigenvalue weighted by molar-refractivity contribution is 7.18. The molecule has 0 radical (unpaired) electrons. The Morgan fingerprint density at radius 2 is 1.91 bits per heavy atom. The Balaban J connectivity index is 1.18. The van der Waals surface area contributed by atoms with Crippen LogP contribution in [0.4, 0.5) is 0 Å². The third-order valence-electron chi connectivity index (χ3n) is 7.48. The van der Waals surface area contributed by atoms with Gasteiger partial charge in [0.2, 0.25) is 5.91 Å². The number of imidazole rings is 1. The largest absolute Gasteiger partial charge is 0.467 e. The first-order valence-corrected chi connectivity index (χ1v) is 15.3. The molecular weight excluding hydrogens is 611 g/mol.